The molecule has 4 nitrogen and oxygen atoms in total. The number of ether oxygens (including phenoxy) is 1. The van der Waals surface area contributed by atoms with Crippen LogP contribution in [0.4, 0.5) is 0 Å². The number of hydrogen-bond donors (Lipinski definition) is 1. The van der Waals surface area contributed by atoms with Crippen LogP contribution in [-0.4, -0.2) is 38.1 Å². The number of fused-ring (bicyclic) bond motifs is 1. The summed E-state index contributed by atoms with van der Waals surface area (Å²) in [7, 11) is 3.64. The maximum atomic E-state index is 11.6. The third kappa shape index (κ3) is 2.42. The topological polar surface area (TPSA) is 55.6 Å². The molecule has 0 saturated heterocycles. The van der Waals surface area contributed by atoms with E-state index in [4.69, 9.17) is 10.5 Å². The third-order valence-electron chi connectivity index (χ3n) is 3.33. The number of amides is 1. The molecule has 1 aromatic carbocycles. The zero-order valence-electron chi connectivity index (χ0n) is 10.3. The van der Waals surface area contributed by atoms with E-state index < -0.39 is 0 Å². The Morgan fingerprint density at radius 3 is 2.94 bits per heavy atom. The van der Waals surface area contributed by atoms with E-state index in [1.54, 1.807) is 7.11 Å². The van der Waals surface area contributed by atoms with Crippen LogP contribution >= 0.6 is 0 Å². The Hall–Kier alpha value is -1.55. The Morgan fingerprint density at radius 2 is 2.29 bits per heavy atom. The SMILES string of the molecule is COc1ccc2c(c1)C(C(N)=O)CN(C)CC2. The molecule has 2 N–H and O–H groups in total. The lowest BCUT2D eigenvalue weighted by atomic mass is 9.93. The van der Waals surface area contributed by atoms with Gasteiger partial charge in [-0.3, -0.25) is 4.79 Å². The van der Waals surface area contributed by atoms with Crippen LogP contribution in [0.3, 0.4) is 0 Å². The average molecular weight is 234 g/mol. The molecular formula is C13H18N2O2. The van der Waals surface area contributed by atoms with E-state index in [1.165, 1.54) is 5.56 Å². The molecule has 1 amide bonds. The van der Waals surface area contributed by atoms with Gasteiger partial charge in [0.25, 0.3) is 0 Å². The van der Waals surface area contributed by atoms with Gasteiger partial charge in [0, 0.05) is 13.1 Å². The first kappa shape index (κ1) is 11.9. The van der Waals surface area contributed by atoms with Crippen LogP contribution in [0.1, 0.15) is 17.0 Å². The summed E-state index contributed by atoms with van der Waals surface area (Å²) in [5.74, 6) is 0.264. The van der Waals surface area contributed by atoms with Crippen molar-refractivity contribution in [3.05, 3.63) is 29.3 Å². The van der Waals surface area contributed by atoms with Crippen molar-refractivity contribution in [1.29, 1.82) is 0 Å². The molecule has 17 heavy (non-hydrogen) atoms. The molecule has 0 spiro atoms. The molecule has 1 unspecified atom stereocenters. The van der Waals surface area contributed by atoms with Crippen LogP contribution in [0.25, 0.3) is 0 Å². The summed E-state index contributed by atoms with van der Waals surface area (Å²) < 4.78 is 5.21. The number of carbonyl (C=O) groups excluding carboxylic acids is 1. The van der Waals surface area contributed by atoms with Crippen molar-refractivity contribution in [1.82, 2.24) is 4.90 Å². The van der Waals surface area contributed by atoms with Gasteiger partial charge in [0.2, 0.25) is 5.91 Å². The van der Waals surface area contributed by atoms with Gasteiger partial charge >= 0.3 is 0 Å². The molecule has 1 heterocycles. The maximum absolute atomic E-state index is 11.6. The Balaban J connectivity index is 2.45. The standard InChI is InChI=1S/C13H18N2O2/c1-15-6-5-9-3-4-10(17-2)7-11(9)12(8-15)13(14)16/h3-4,7,12H,5-6,8H2,1-2H3,(H2,14,16). The van der Waals surface area contributed by atoms with Crippen LogP contribution in [0.2, 0.25) is 0 Å². The minimum absolute atomic E-state index is 0.243. The molecule has 0 fully saturated rings. The van der Waals surface area contributed by atoms with Gasteiger partial charge in [0.15, 0.2) is 0 Å². The van der Waals surface area contributed by atoms with Crippen molar-refractivity contribution >= 4 is 5.91 Å². The molecule has 0 aliphatic carbocycles. The highest BCUT2D eigenvalue weighted by molar-refractivity contribution is 5.83. The van der Waals surface area contributed by atoms with Gasteiger partial charge in [-0.1, -0.05) is 6.07 Å². The second-order valence-electron chi connectivity index (χ2n) is 4.53. The number of hydrogen-bond acceptors (Lipinski definition) is 3. The van der Waals surface area contributed by atoms with Crippen molar-refractivity contribution in [2.45, 2.75) is 12.3 Å². The van der Waals surface area contributed by atoms with Crippen molar-refractivity contribution in [2.75, 3.05) is 27.2 Å². The summed E-state index contributed by atoms with van der Waals surface area (Å²) in [4.78, 5) is 13.7. The molecule has 1 aromatic rings. The minimum atomic E-state index is -0.270. The second-order valence-corrected chi connectivity index (χ2v) is 4.53. The average Bonchev–Trinajstić information content (AvgIpc) is 2.48. The molecule has 92 valence electrons. The van der Waals surface area contributed by atoms with Gasteiger partial charge in [-0.15, -0.1) is 0 Å². The van der Waals surface area contributed by atoms with Crippen LogP contribution in [0, 0.1) is 0 Å². The summed E-state index contributed by atoms with van der Waals surface area (Å²) in [6, 6.07) is 5.90. The van der Waals surface area contributed by atoms with Crippen LogP contribution in [0.5, 0.6) is 5.75 Å². The van der Waals surface area contributed by atoms with Gasteiger partial charge in [0.1, 0.15) is 5.75 Å². The van der Waals surface area contributed by atoms with Crippen LogP contribution in [-0.2, 0) is 11.2 Å². The highest BCUT2D eigenvalue weighted by atomic mass is 16.5. The van der Waals surface area contributed by atoms with Gasteiger partial charge in [-0.2, -0.15) is 0 Å². The summed E-state index contributed by atoms with van der Waals surface area (Å²) in [6.45, 7) is 1.62. The van der Waals surface area contributed by atoms with E-state index in [0.717, 1.165) is 24.3 Å². The Labute approximate surface area is 101 Å². The van der Waals surface area contributed by atoms with E-state index in [0.29, 0.717) is 6.54 Å². The van der Waals surface area contributed by atoms with E-state index >= 15 is 0 Å². The highest BCUT2D eigenvalue weighted by Gasteiger charge is 2.25. The molecule has 1 aliphatic heterocycles. The smallest absolute Gasteiger partial charge is 0.226 e. The van der Waals surface area contributed by atoms with Crippen LogP contribution < -0.4 is 10.5 Å². The normalized spacial score (nSPS) is 20.5. The largest absolute Gasteiger partial charge is 0.497 e. The molecule has 0 saturated carbocycles. The lowest BCUT2D eigenvalue weighted by Gasteiger charge is -2.18. The molecule has 0 bridgehead atoms. The highest BCUT2D eigenvalue weighted by Crippen LogP contribution is 2.28. The second kappa shape index (κ2) is 4.75. The van der Waals surface area contributed by atoms with Gasteiger partial charge < -0.3 is 15.4 Å². The number of rotatable bonds is 2. The molecule has 0 radical (unpaired) electrons. The summed E-state index contributed by atoms with van der Waals surface area (Å²) in [5, 5.41) is 0. The predicted octanol–water partition coefficient (Wildman–Crippen LogP) is 0.752. The first-order valence-corrected chi connectivity index (χ1v) is 5.76. The lowest BCUT2D eigenvalue weighted by molar-refractivity contribution is -0.119. The molecule has 4 heteroatoms. The van der Waals surface area contributed by atoms with E-state index in [9.17, 15) is 4.79 Å². The van der Waals surface area contributed by atoms with Crippen molar-refractivity contribution in [2.24, 2.45) is 5.73 Å². The molecule has 0 aromatic heterocycles. The fourth-order valence-electron chi connectivity index (χ4n) is 2.31. The quantitative estimate of drug-likeness (QED) is 0.821. The van der Waals surface area contributed by atoms with Gasteiger partial charge in [0.05, 0.1) is 13.0 Å². The van der Waals surface area contributed by atoms with E-state index in [1.807, 2.05) is 25.2 Å². The maximum Gasteiger partial charge on any atom is 0.226 e. The zero-order chi connectivity index (χ0) is 12.4. The Morgan fingerprint density at radius 1 is 1.53 bits per heavy atom. The first-order chi connectivity index (χ1) is 8.11. The van der Waals surface area contributed by atoms with Crippen molar-refractivity contribution in [3.8, 4) is 5.75 Å². The molecule has 2 rings (SSSR count). The van der Waals surface area contributed by atoms with Crippen LogP contribution in [0.15, 0.2) is 18.2 Å². The fraction of sp³-hybridized carbons (Fsp3) is 0.462. The third-order valence-corrected chi connectivity index (χ3v) is 3.33. The predicted molar refractivity (Wildman–Crippen MR) is 66.1 cm³/mol. The number of carbonyl (C=O) groups is 1. The Bertz CT molecular complexity index is 431. The fourth-order valence-corrected chi connectivity index (χ4v) is 2.31. The number of methoxy groups -OCH3 is 1. The van der Waals surface area contributed by atoms with Crippen molar-refractivity contribution in [3.63, 3.8) is 0 Å². The number of likely N-dealkylation sites (N-methyl/N-ethyl adjacent to an activating group) is 1. The van der Waals surface area contributed by atoms with Gasteiger partial charge in [-0.25, -0.2) is 0 Å². The van der Waals surface area contributed by atoms with E-state index in [2.05, 4.69) is 4.90 Å². The first-order valence-electron chi connectivity index (χ1n) is 5.76. The van der Waals surface area contributed by atoms with E-state index in [-0.39, 0.29) is 11.8 Å². The molecule has 1 aliphatic rings. The van der Waals surface area contributed by atoms with Gasteiger partial charge in [-0.05, 0) is 36.7 Å². The number of nitrogens with two attached hydrogens (primary N) is 1. The summed E-state index contributed by atoms with van der Waals surface area (Å²) >= 11 is 0. The molecule has 1 atom stereocenters. The van der Waals surface area contributed by atoms with Crippen molar-refractivity contribution < 1.29 is 9.53 Å². The minimum Gasteiger partial charge on any atom is -0.497 e. The Kier molecular flexibility index (Phi) is 3.33. The number of benzene rings is 1. The summed E-state index contributed by atoms with van der Waals surface area (Å²) in [6.07, 6.45) is 0.944. The number of primary amides is 1. The lowest BCUT2D eigenvalue weighted by Crippen LogP contribution is -2.31. The monoisotopic (exact) mass is 234 g/mol. The molecular weight excluding hydrogens is 216 g/mol. The summed E-state index contributed by atoms with van der Waals surface area (Å²) in [5.41, 5.74) is 7.71. The zero-order valence-corrected chi connectivity index (χ0v) is 10.3. The number of nitrogens with zero attached hydrogens (tertiary/aromatic N) is 1.